The van der Waals surface area contributed by atoms with Gasteiger partial charge in [0.1, 0.15) is 0 Å². The molecular weight excluding hydrogens is 111 g/mol. The summed E-state index contributed by atoms with van der Waals surface area (Å²) in [6.45, 7) is 3.26. The van der Waals surface area contributed by atoms with E-state index in [4.69, 9.17) is 11.0 Å². The van der Waals surface area contributed by atoms with Crippen LogP contribution in [0.25, 0.3) is 0 Å². The molecule has 0 amide bonds. The summed E-state index contributed by atoms with van der Waals surface area (Å²) in [4.78, 5) is 10.2. The lowest BCUT2D eigenvalue weighted by Crippen LogP contribution is -2.19. The Morgan fingerprint density at radius 1 is 1.57 bits per heavy atom. The van der Waals surface area contributed by atoms with E-state index in [2.05, 4.69) is 6.58 Å². The quantitative estimate of drug-likeness (QED) is 0.435. The van der Waals surface area contributed by atoms with Gasteiger partial charge in [-0.2, -0.15) is 0 Å². The second kappa shape index (κ2) is 2.28. The summed E-state index contributed by atoms with van der Waals surface area (Å²) < 4.78 is 0. The van der Waals surface area contributed by atoms with Gasteiger partial charge in [0.2, 0.25) is 0 Å². The first-order chi connectivity index (χ1) is 3.06. The van der Waals surface area contributed by atoms with Crippen LogP contribution in [0.3, 0.4) is 0 Å². The minimum absolute atomic E-state index is 1.19. The lowest BCUT2D eigenvalue weighted by molar-refractivity contribution is -0.162. The summed E-state index contributed by atoms with van der Waals surface area (Å²) in [5.74, 6) is 1.19. The van der Waals surface area contributed by atoms with Crippen LogP contribution < -0.4 is 15.9 Å². The van der Waals surface area contributed by atoms with Gasteiger partial charge in [0, 0.05) is 0 Å². The molecule has 0 aliphatic rings. The molecule has 4 heteroatoms. The van der Waals surface area contributed by atoms with Gasteiger partial charge in [-0.25, -0.2) is 0 Å². The zero-order chi connectivity index (χ0) is 5.91. The van der Waals surface area contributed by atoms with Crippen molar-refractivity contribution < 1.29 is 4.89 Å². The van der Waals surface area contributed by atoms with Gasteiger partial charge < -0.3 is 15.9 Å². The summed E-state index contributed by atoms with van der Waals surface area (Å²) in [5.41, 5.74) is 9.70. The molecule has 7 heavy (non-hydrogen) atoms. The molecule has 0 unspecified atom stereocenters. The van der Waals surface area contributed by atoms with Crippen molar-refractivity contribution in [2.75, 3.05) is 0 Å². The molecule has 0 fully saturated rings. The maximum absolute atomic E-state index is 10.2. The highest BCUT2D eigenvalue weighted by molar-refractivity contribution is 7.63. The van der Waals surface area contributed by atoms with E-state index < -0.39 is 7.41 Å². The van der Waals surface area contributed by atoms with Crippen molar-refractivity contribution >= 4 is 13.2 Å². The van der Waals surface area contributed by atoms with Crippen LogP contribution in [0.1, 0.15) is 0 Å². The molecule has 3 nitrogen and oxygen atoms in total. The van der Waals surface area contributed by atoms with Crippen molar-refractivity contribution in [1.82, 2.24) is 0 Å². The van der Waals surface area contributed by atoms with Crippen LogP contribution >= 0.6 is 7.41 Å². The van der Waals surface area contributed by atoms with E-state index >= 15 is 0 Å². The van der Waals surface area contributed by atoms with Gasteiger partial charge >= 0.3 is 0 Å². The average molecular weight is 119 g/mol. The van der Waals surface area contributed by atoms with Crippen molar-refractivity contribution in [2.45, 2.75) is 0 Å². The highest BCUT2D eigenvalue weighted by atomic mass is 31.2. The third-order valence-electron chi connectivity index (χ3n) is 0.338. The highest BCUT2D eigenvalue weighted by Gasteiger charge is 1.74. The highest BCUT2D eigenvalue weighted by Crippen LogP contribution is 2.09. The Morgan fingerprint density at radius 2 is 2.00 bits per heavy atom. The van der Waals surface area contributed by atoms with Crippen molar-refractivity contribution in [3.8, 4) is 0 Å². The van der Waals surface area contributed by atoms with Gasteiger partial charge in [0.25, 0.3) is 0 Å². The lowest BCUT2D eigenvalue weighted by atomic mass is 10.8. The Hall–Kier alpha value is -0.0800. The van der Waals surface area contributed by atoms with Gasteiger partial charge in [0.05, 0.1) is 0 Å². The first-order valence-corrected chi connectivity index (χ1v) is 3.61. The number of hydrogen-bond donors (Lipinski definition) is 2. The van der Waals surface area contributed by atoms with Crippen LogP contribution in [0, 0.1) is 0 Å². The van der Waals surface area contributed by atoms with E-state index in [1.165, 1.54) is 11.9 Å². The van der Waals surface area contributed by atoms with Gasteiger partial charge in [-0.15, -0.1) is 0 Å². The molecule has 0 radical (unpaired) electrons. The molecule has 4 N–H and O–H groups in total. The maximum atomic E-state index is 10.2. The summed E-state index contributed by atoms with van der Waals surface area (Å²) in [6.07, 6.45) is 1.32. The maximum Gasteiger partial charge on any atom is -0.0525 e. The van der Waals surface area contributed by atoms with E-state index in [-0.39, 0.29) is 0 Å². The topological polar surface area (TPSA) is 75.1 Å². The van der Waals surface area contributed by atoms with Crippen molar-refractivity contribution in [3.63, 3.8) is 0 Å². The van der Waals surface area contributed by atoms with Crippen molar-refractivity contribution in [1.29, 1.82) is 0 Å². The number of hydrogen-bond acceptors (Lipinski definition) is 3. The fourth-order valence-corrected chi connectivity index (χ4v) is 0.494. The predicted molar refractivity (Wildman–Crippen MR) is 31.6 cm³/mol. The van der Waals surface area contributed by atoms with Crippen molar-refractivity contribution in [2.24, 2.45) is 11.0 Å². The van der Waals surface area contributed by atoms with Gasteiger partial charge in [-0.05, 0) is 0 Å². The minimum atomic E-state index is -2.91. The third-order valence-corrected chi connectivity index (χ3v) is 1.02. The molecule has 0 saturated carbocycles. The second-order valence-electron chi connectivity index (χ2n) is 1.15. The van der Waals surface area contributed by atoms with Gasteiger partial charge in [-0.3, -0.25) is 0 Å². The normalized spacial score (nSPS) is 10.7. The first-order valence-electron chi connectivity index (χ1n) is 1.70. The fourth-order valence-electron chi connectivity index (χ4n) is 0.165. The fraction of sp³-hybridized carbons (Fsp3) is 0. The van der Waals surface area contributed by atoms with Gasteiger partial charge in [-0.1, -0.05) is 25.9 Å². The molecule has 0 bridgehead atoms. The van der Waals surface area contributed by atoms with Gasteiger partial charge in [0.15, 0.2) is 0 Å². The monoisotopic (exact) mass is 119 g/mol. The average Bonchev–Trinajstić information content (AvgIpc) is 1.30. The van der Waals surface area contributed by atoms with E-state index in [1.54, 1.807) is 0 Å². The molecule has 0 atom stereocenters. The van der Waals surface area contributed by atoms with Crippen LogP contribution in [0.4, 0.5) is 0 Å². The first kappa shape index (κ1) is 6.92. The molecule has 0 aliphatic carbocycles. The number of allylic oxidation sites excluding steroid dienone is 1. The zero-order valence-electron chi connectivity index (χ0n) is 3.87. The SMILES string of the molecule is C=CC=P(N)(N)[O-]. The Labute approximate surface area is 42.8 Å². The summed E-state index contributed by atoms with van der Waals surface area (Å²) >= 11 is 0. The Morgan fingerprint density at radius 3 is 2.00 bits per heavy atom. The lowest BCUT2D eigenvalue weighted by Gasteiger charge is -2.18. The molecule has 0 aromatic rings. The van der Waals surface area contributed by atoms with Crippen LogP contribution in [0.5, 0.6) is 0 Å². The Kier molecular flexibility index (Phi) is 2.26. The molecule has 0 aromatic heterocycles. The standard InChI is InChI=1S/C3H8N2OP/c1-2-3-7(4,5)6/h2-3H,1,4-5H2/q-1. The molecule has 0 rings (SSSR count). The van der Waals surface area contributed by atoms with Crippen LogP contribution in [-0.2, 0) is 0 Å². The Bertz CT molecular complexity index is 106. The molecule has 0 spiro atoms. The molecule has 0 aliphatic heterocycles. The second-order valence-corrected chi connectivity index (χ2v) is 2.97. The predicted octanol–water partition coefficient (Wildman–Crippen LogP) is -0.985. The zero-order valence-corrected chi connectivity index (χ0v) is 4.77. The summed E-state index contributed by atoms with van der Waals surface area (Å²) in [7, 11) is -2.91. The van der Waals surface area contributed by atoms with E-state index in [0.29, 0.717) is 0 Å². The van der Waals surface area contributed by atoms with Crippen molar-refractivity contribution in [3.05, 3.63) is 12.7 Å². The summed E-state index contributed by atoms with van der Waals surface area (Å²) in [6, 6.07) is 0. The van der Waals surface area contributed by atoms with Crippen LogP contribution in [0.15, 0.2) is 12.7 Å². The van der Waals surface area contributed by atoms with E-state index in [1.807, 2.05) is 0 Å². The molecular formula is C3H8N2OP-. The molecule has 0 heterocycles. The molecule has 42 valence electrons. The summed E-state index contributed by atoms with van der Waals surface area (Å²) in [5, 5.41) is 0. The van der Waals surface area contributed by atoms with E-state index in [9.17, 15) is 4.89 Å². The number of nitrogens with two attached hydrogens (primary N) is 2. The minimum Gasteiger partial charge on any atom is -0.807 e. The van der Waals surface area contributed by atoms with E-state index in [0.717, 1.165) is 0 Å². The third kappa shape index (κ3) is 5.92. The smallest absolute Gasteiger partial charge is 0.0525 e. The molecule has 0 aromatic carbocycles. The van der Waals surface area contributed by atoms with Crippen LogP contribution in [0.2, 0.25) is 0 Å². The largest absolute Gasteiger partial charge is 0.807 e. The number of rotatable bonds is 1. The van der Waals surface area contributed by atoms with Crippen LogP contribution in [-0.4, -0.2) is 5.80 Å². The Balaban J connectivity index is 3.98. The molecule has 0 saturated heterocycles.